The number of nitrogens with zero attached hydrogens (tertiary/aromatic N) is 3. The first kappa shape index (κ1) is 23.5. The third kappa shape index (κ3) is 6.37. The molecule has 1 fully saturated rings. The Morgan fingerprint density at radius 2 is 2.10 bits per heavy atom. The van der Waals surface area contributed by atoms with E-state index in [2.05, 4.69) is 43.6 Å². The van der Waals surface area contributed by atoms with Crippen LogP contribution in [0.3, 0.4) is 0 Å². The third-order valence-electron chi connectivity index (χ3n) is 6.02. The van der Waals surface area contributed by atoms with Crippen molar-refractivity contribution in [2.45, 2.75) is 72.3 Å². The van der Waals surface area contributed by atoms with Crippen molar-refractivity contribution in [2.75, 3.05) is 24.5 Å². The van der Waals surface area contributed by atoms with Gasteiger partial charge in [-0.1, -0.05) is 52.1 Å². The van der Waals surface area contributed by atoms with Crippen molar-refractivity contribution < 1.29 is 4.79 Å². The lowest BCUT2D eigenvalue weighted by atomic mass is 9.98. The summed E-state index contributed by atoms with van der Waals surface area (Å²) in [5.74, 6) is 1.08. The first-order valence-electron chi connectivity index (χ1n) is 11.2. The maximum absolute atomic E-state index is 13.0. The van der Waals surface area contributed by atoms with E-state index in [1.165, 1.54) is 0 Å². The molecule has 0 bridgehead atoms. The van der Waals surface area contributed by atoms with Gasteiger partial charge in [-0.15, -0.1) is 0 Å². The van der Waals surface area contributed by atoms with Crippen LogP contribution in [0.25, 0.3) is 0 Å². The highest BCUT2D eigenvalue weighted by atomic mass is 35.5. The summed E-state index contributed by atoms with van der Waals surface area (Å²) in [5.41, 5.74) is 1.55. The second-order valence-corrected chi connectivity index (χ2v) is 9.03. The van der Waals surface area contributed by atoms with E-state index in [0.717, 1.165) is 63.8 Å². The molecule has 2 atom stereocenters. The van der Waals surface area contributed by atoms with Crippen molar-refractivity contribution in [3.63, 3.8) is 0 Å². The fourth-order valence-corrected chi connectivity index (χ4v) is 4.32. The number of carbonyl (C=O) groups excluding carboxylic acids is 1. The average molecular weight is 418 g/mol. The number of carbonyl (C=O) groups is 1. The quantitative estimate of drug-likeness (QED) is 0.477. The second kappa shape index (κ2) is 11.5. The van der Waals surface area contributed by atoms with Gasteiger partial charge in [0.05, 0.1) is 10.6 Å². The fraction of sp³-hybridized carbons (Fsp3) is 0.667. The molecule has 1 amide bonds. The van der Waals surface area contributed by atoms with E-state index in [1.54, 1.807) is 6.07 Å². The molecule has 0 N–H and O–H groups in total. The normalized spacial score (nSPS) is 17.4. The molecular formula is C24H36ClN3O. The van der Waals surface area contributed by atoms with Gasteiger partial charge in [0.15, 0.2) is 0 Å². The van der Waals surface area contributed by atoms with E-state index in [9.17, 15) is 10.1 Å². The zero-order valence-electron chi connectivity index (χ0n) is 18.5. The monoisotopic (exact) mass is 417 g/mol. The number of halogens is 1. The summed E-state index contributed by atoms with van der Waals surface area (Å²) in [6.07, 6.45) is 6.22. The SMILES string of the molecule is CCCCC(CC)C(=O)N1CCC(N(CCC(C)C)c2ccc(C#N)c(Cl)c2)C1. The molecule has 1 aliphatic heterocycles. The van der Waals surface area contributed by atoms with Crippen molar-refractivity contribution in [3.8, 4) is 6.07 Å². The molecule has 29 heavy (non-hydrogen) atoms. The minimum absolute atomic E-state index is 0.155. The lowest BCUT2D eigenvalue weighted by Crippen LogP contribution is -2.41. The summed E-state index contributed by atoms with van der Waals surface area (Å²) >= 11 is 6.32. The standard InChI is InChI=1S/C24H36ClN3O/c1-5-7-8-19(6-2)24(29)27-13-12-22(17-27)28(14-11-18(3)4)21-10-9-20(16-26)23(25)15-21/h9-10,15,18-19,22H,5-8,11-14,17H2,1-4H3. The molecule has 1 aromatic rings. The van der Waals surface area contributed by atoms with Crippen LogP contribution >= 0.6 is 11.6 Å². The number of anilines is 1. The minimum Gasteiger partial charge on any atom is -0.367 e. The second-order valence-electron chi connectivity index (χ2n) is 8.63. The molecule has 1 aromatic carbocycles. The molecule has 1 aliphatic rings. The van der Waals surface area contributed by atoms with Gasteiger partial charge in [-0.25, -0.2) is 0 Å². The van der Waals surface area contributed by atoms with Gasteiger partial charge in [-0.3, -0.25) is 4.79 Å². The predicted molar refractivity (Wildman–Crippen MR) is 121 cm³/mol. The lowest BCUT2D eigenvalue weighted by Gasteiger charge is -2.32. The topological polar surface area (TPSA) is 47.3 Å². The number of hydrogen-bond donors (Lipinski definition) is 0. The summed E-state index contributed by atoms with van der Waals surface area (Å²) in [6.45, 7) is 11.3. The number of amides is 1. The summed E-state index contributed by atoms with van der Waals surface area (Å²) in [7, 11) is 0. The Kier molecular flexibility index (Phi) is 9.30. The number of benzene rings is 1. The molecule has 1 heterocycles. The molecule has 160 valence electrons. The predicted octanol–water partition coefficient (Wildman–Crippen LogP) is 5.88. The van der Waals surface area contributed by atoms with Crippen LogP contribution in [0, 0.1) is 23.2 Å². The zero-order valence-corrected chi connectivity index (χ0v) is 19.2. The van der Waals surface area contributed by atoms with E-state index in [0.29, 0.717) is 28.5 Å². The molecule has 0 radical (unpaired) electrons. The molecule has 5 heteroatoms. The highest BCUT2D eigenvalue weighted by Crippen LogP contribution is 2.29. The Bertz CT molecular complexity index is 713. The molecule has 0 aromatic heterocycles. The zero-order chi connectivity index (χ0) is 21.4. The average Bonchev–Trinajstić information content (AvgIpc) is 3.18. The van der Waals surface area contributed by atoms with Gasteiger partial charge in [-0.2, -0.15) is 5.26 Å². The van der Waals surface area contributed by atoms with Crippen LogP contribution in [-0.4, -0.2) is 36.5 Å². The Morgan fingerprint density at radius 1 is 1.34 bits per heavy atom. The van der Waals surface area contributed by atoms with Crippen LogP contribution in [0.5, 0.6) is 0 Å². The Labute approximate surface area is 181 Å². The van der Waals surface area contributed by atoms with Gasteiger partial charge < -0.3 is 9.80 Å². The summed E-state index contributed by atoms with van der Waals surface area (Å²) in [5, 5.41) is 9.67. The summed E-state index contributed by atoms with van der Waals surface area (Å²) < 4.78 is 0. The molecule has 2 unspecified atom stereocenters. The molecule has 2 rings (SSSR count). The van der Waals surface area contributed by atoms with Gasteiger partial charge >= 0.3 is 0 Å². The summed E-state index contributed by atoms with van der Waals surface area (Å²) in [6, 6.07) is 8.13. The van der Waals surface area contributed by atoms with Crippen molar-refractivity contribution in [1.82, 2.24) is 4.90 Å². The number of hydrogen-bond acceptors (Lipinski definition) is 3. The number of nitriles is 1. The largest absolute Gasteiger partial charge is 0.367 e. The van der Waals surface area contributed by atoms with E-state index >= 15 is 0 Å². The number of likely N-dealkylation sites (tertiary alicyclic amines) is 1. The fourth-order valence-electron chi connectivity index (χ4n) is 4.10. The van der Waals surface area contributed by atoms with Gasteiger partial charge in [0.2, 0.25) is 5.91 Å². The first-order valence-corrected chi connectivity index (χ1v) is 11.5. The molecule has 0 aliphatic carbocycles. The highest BCUT2D eigenvalue weighted by Gasteiger charge is 2.33. The van der Waals surface area contributed by atoms with Crippen molar-refractivity contribution in [2.24, 2.45) is 11.8 Å². The smallest absolute Gasteiger partial charge is 0.225 e. The van der Waals surface area contributed by atoms with E-state index in [-0.39, 0.29) is 5.92 Å². The Hall–Kier alpha value is -1.73. The number of unbranched alkanes of at least 4 members (excludes halogenated alkanes) is 1. The van der Waals surface area contributed by atoms with Crippen LogP contribution < -0.4 is 4.90 Å². The minimum atomic E-state index is 0.155. The van der Waals surface area contributed by atoms with E-state index in [1.807, 2.05) is 12.1 Å². The highest BCUT2D eigenvalue weighted by molar-refractivity contribution is 6.32. The maximum atomic E-state index is 13.0. The van der Waals surface area contributed by atoms with Crippen molar-refractivity contribution >= 4 is 23.2 Å². The Balaban J connectivity index is 2.15. The lowest BCUT2D eigenvalue weighted by molar-refractivity contribution is -0.134. The van der Waals surface area contributed by atoms with Gasteiger partial charge in [0.1, 0.15) is 6.07 Å². The van der Waals surface area contributed by atoms with Crippen molar-refractivity contribution in [3.05, 3.63) is 28.8 Å². The summed E-state index contributed by atoms with van der Waals surface area (Å²) in [4.78, 5) is 17.5. The molecule has 0 spiro atoms. The van der Waals surface area contributed by atoms with Crippen molar-refractivity contribution in [1.29, 1.82) is 5.26 Å². The first-order chi connectivity index (χ1) is 13.9. The van der Waals surface area contributed by atoms with Crippen LogP contribution in [0.2, 0.25) is 5.02 Å². The van der Waals surface area contributed by atoms with Gasteiger partial charge in [-0.05, 0) is 49.8 Å². The van der Waals surface area contributed by atoms with Crippen LogP contribution in [0.4, 0.5) is 5.69 Å². The van der Waals surface area contributed by atoms with Crippen LogP contribution in [0.15, 0.2) is 18.2 Å². The van der Waals surface area contributed by atoms with Gasteiger partial charge in [0.25, 0.3) is 0 Å². The maximum Gasteiger partial charge on any atom is 0.225 e. The van der Waals surface area contributed by atoms with Crippen LogP contribution in [0.1, 0.15) is 71.8 Å². The third-order valence-corrected chi connectivity index (χ3v) is 6.33. The molecule has 0 saturated carbocycles. The van der Waals surface area contributed by atoms with E-state index < -0.39 is 0 Å². The van der Waals surface area contributed by atoms with E-state index in [4.69, 9.17) is 11.6 Å². The molecule has 4 nitrogen and oxygen atoms in total. The molecular weight excluding hydrogens is 382 g/mol. The van der Waals surface area contributed by atoms with Crippen LogP contribution in [-0.2, 0) is 4.79 Å². The van der Waals surface area contributed by atoms with Gasteiger partial charge in [0, 0.05) is 37.3 Å². The number of rotatable bonds is 10. The molecule has 1 saturated heterocycles. The Morgan fingerprint density at radius 3 is 2.69 bits per heavy atom.